The molecule has 0 bridgehead atoms. The lowest BCUT2D eigenvalue weighted by atomic mass is 9.95. The molecule has 2 aromatic carbocycles. The molecule has 15 heteroatoms. The van der Waals surface area contributed by atoms with Gasteiger partial charge in [-0.3, -0.25) is 0 Å². The van der Waals surface area contributed by atoms with E-state index in [1.807, 2.05) is 0 Å². The Kier molecular flexibility index (Phi) is 8.13. The number of aliphatic hydroxyl groups is 1. The topological polar surface area (TPSA) is 107 Å². The van der Waals surface area contributed by atoms with Crippen LogP contribution in [0.5, 0.6) is 0 Å². The standard InChI is InChI=1S/C24H25F4N3O5S3/c1-23(32,24(26,27)28)17-4-8-19(9-5-17)31-13-12-30(39(35,36)22-3-2-14-37-22)16-20(31)15-29-38(33,34)21-10-6-18(25)7-11-21/h2-11,14,20,29,32H,12-13,15-16H2,1H3/t20-,23?/m0/s1. The highest BCUT2D eigenvalue weighted by Gasteiger charge is 2.51. The zero-order valence-corrected chi connectivity index (χ0v) is 22.9. The van der Waals surface area contributed by atoms with Crippen LogP contribution in [0.15, 0.2) is 75.1 Å². The summed E-state index contributed by atoms with van der Waals surface area (Å²) in [5, 5.41) is 11.6. The Labute approximate surface area is 227 Å². The van der Waals surface area contributed by atoms with E-state index in [1.165, 1.54) is 22.5 Å². The van der Waals surface area contributed by atoms with Gasteiger partial charge in [-0.25, -0.2) is 25.9 Å². The third-order valence-corrected chi connectivity index (χ3v) is 11.2. The van der Waals surface area contributed by atoms with Gasteiger partial charge >= 0.3 is 6.18 Å². The lowest BCUT2D eigenvalue weighted by Crippen LogP contribution is -2.58. The molecule has 8 nitrogen and oxygen atoms in total. The maximum absolute atomic E-state index is 13.3. The van der Waals surface area contributed by atoms with Gasteiger partial charge in [0.2, 0.25) is 10.0 Å². The summed E-state index contributed by atoms with van der Waals surface area (Å²) in [4.78, 5) is 1.51. The Morgan fingerprint density at radius 1 is 1.00 bits per heavy atom. The first kappa shape index (κ1) is 29.4. The molecule has 2 N–H and O–H groups in total. The number of benzene rings is 2. The number of thiophene rings is 1. The molecule has 1 aliphatic heterocycles. The molecule has 1 fully saturated rings. The molecule has 2 heterocycles. The number of halogens is 4. The van der Waals surface area contributed by atoms with Crippen molar-refractivity contribution in [1.29, 1.82) is 0 Å². The van der Waals surface area contributed by atoms with Gasteiger partial charge in [0, 0.05) is 31.9 Å². The molecule has 1 aromatic heterocycles. The molecule has 0 saturated carbocycles. The van der Waals surface area contributed by atoms with Gasteiger partial charge in [-0.1, -0.05) is 18.2 Å². The van der Waals surface area contributed by atoms with E-state index in [1.54, 1.807) is 16.3 Å². The molecule has 0 aliphatic carbocycles. The molecule has 3 aromatic rings. The molecule has 0 radical (unpaired) electrons. The summed E-state index contributed by atoms with van der Waals surface area (Å²) in [7, 11) is -7.95. The van der Waals surface area contributed by atoms with Gasteiger partial charge in [0.1, 0.15) is 10.0 Å². The van der Waals surface area contributed by atoms with Gasteiger partial charge in [-0.05, 0) is 60.3 Å². The van der Waals surface area contributed by atoms with Crippen molar-refractivity contribution in [2.24, 2.45) is 0 Å². The molecule has 1 unspecified atom stereocenters. The summed E-state index contributed by atoms with van der Waals surface area (Å²) in [5.41, 5.74) is -3.05. The Morgan fingerprint density at radius 2 is 1.64 bits per heavy atom. The van der Waals surface area contributed by atoms with Crippen LogP contribution in [-0.4, -0.2) is 64.6 Å². The number of nitrogens with zero attached hydrogens (tertiary/aromatic N) is 2. The molecule has 4 rings (SSSR count). The number of piperazine rings is 1. The van der Waals surface area contributed by atoms with Crippen LogP contribution < -0.4 is 9.62 Å². The van der Waals surface area contributed by atoms with Crippen molar-refractivity contribution >= 4 is 37.1 Å². The summed E-state index contributed by atoms with van der Waals surface area (Å²) in [6.07, 6.45) is -4.91. The summed E-state index contributed by atoms with van der Waals surface area (Å²) in [6, 6.07) is 11.4. The summed E-state index contributed by atoms with van der Waals surface area (Å²) >= 11 is 1.04. The van der Waals surface area contributed by atoms with Crippen LogP contribution in [0.3, 0.4) is 0 Å². The summed E-state index contributed by atoms with van der Waals surface area (Å²) in [6.45, 7) is 0.432. The molecule has 2 atom stereocenters. The van der Waals surface area contributed by atoms with Crippen LogP contribution in [0.2, 0.25) is 0 Å². The third-order valence-electron chi connectivity index (χ3n) is 6.48. The fourth-order valence-electron chi connectivity index (χ4n) is 4.14. The SMILES string of the molecule is CC(O)(c1ccc(N2CCN(S(=O)(=O)c3cccs3)C[C@@H]2CNS(=O)(=O)c2ccc(F)cc2)cc1)C(F)(F)F. The van der Waals surface area contributed by atoms with Gasteiger partial charge < -0.3 is 10.0 Å². The summed E-state index contributed by atoms with van der Waals surface area (Å²) < 4.78 is 109. The fourth-order valence-corrected chi connectivity index (χ4v) is 7.83. The predicted octanol–water partition coefficient (Wildman–Crippen LogP) is 3.52. The van der Waals surface area contributed by atoms with Crippen molar-refractivity contribution < 1.29 is 39.5 Å². The first-order chi connectivity index (χ1) is 18.1. The third kappa shape index (κ3) is 6.12. The Bertz CT molecular complexity index is 1490. The zero-order valence-electron chi connectivity index (χ0n) is 20.5. The van der Waals surface area contributed by atoms with E-state index >= 15 is 0 Å². The van der Waals surface area contributed by atoms with E-state index in [2.05, 4.69) is 4.72 Å². The second-order valence-corrected chi connectivity index (χ2v) is 13.9. The number of nitrogens with one attached hydrogen (secondary N) is 1. The predicted molar refractivity (Wildman–Crippen MR) is 138 cm³/mol. The molecule has 0 spiro atoms. The maximum Gasteiger partial charge on any atom is 0.421 e. The number of rotatable bonds is 8. The molecular weight excluding hydrogens is 582 g/mol. The minimum Gasteiger partial charge on any atom is -0.376 e. The average Bonchev–Trinajstić information content (AvgIpc) is 3.43. The van der Waals surface area contributed by atoms with Crippen LogP contribution in [0.25, 0.3) is 0 Å². The lowest BCUT2D eigenvalue weighted by molar-refractivity contribution is -0.258. The molecule has 212 valence electrons. The van der Waals surface area contributed by atoms with Crippen LogP contribution in [-0.2, 0) is 25.6 Å². The van der Waals surface area contributed by atoms with Crippen molar-refractivity contribution in [1.82, 2.24) is 9.03 Å². The van der Waals surface area contributed by atoms with Crippen molar-refractivity contribution in [3.8, 4) is 0 Å². The van der Waals surface area contributed by atoms with Gasteiger partial charge in [-0.2, -0.15) is 17.5 Å². The van der Waals surface area contributed by atoms with Crippen LogP contribution >= 0.6 is 11.3 Å². The van der Waals surface area contributed by atoms with E-state index in [9.17, 15) is 39.5 Å². The first-order valence-corrected chi connectivity index (χ1v) is 15.4. The summed E-state index contributed by atoms with van der Waals surface area (Å²) in [5.74, 6) is -0.616. The molecule has 1 aliphatic rings. The van der Waals surface area contributed by atoms with Crippen LogP contribution in [0.4, 0.5) is 23.2 Å². The van der Waals surface area contributed by atoms with E-state index in [0.29, 0.717) is 12.6 Å². The highest BCUT2D eigenvalue weighted by Crippen LogP contribution is 2.39. The molecule has 0 amide bonds. The van der Waals surface area contributed by atoms with Crippen LogP contribution in [0.1, 0.15) is 12.5 Å². The molecule has 39 heavy (non-hydrogen) atoms. The normalized spacial score (nSPS) is 19.1. The molecular formula is C24H25F4N3O5S3. The van der Waals surface area contributed by atoms with Crippen molar-refractivity contribution in [2.45, 2.75) is 33.8 Å². The smallest absolute Gasteiger partial charge is 0.376 e. The van der Waals surface area contributed by atoms with E-state index in [-0.39, 0.29) is 40.8 Å². The highest BCUT2D eigenvalue weighted by atomic mass is 32.2. The van der Waals surface area contributed by atoms with E-state index in [4.69, 9.17) is 0 Å². The number of alkyl halides is 3. The average molecular weight is 608 g/mol. The van der Waals surface area contributed by atoms with E-state index in [0.717, 1.165) is 47.7 Å². The number of anilines is 1. The van der Waals surface area contributed by atoms with Crippen molar-refractivity contribution in [3.63, 3.8) is 0 Å². The quantitative estimate of drug-likeness (QED) is 0.380. The Morgan fingerprint density at radius 3 is 2.21 bits per heavy atom. The van der Waals surface area contributed by atoms with Crippen LogP contribution in [0, 0.1) is 5.82 Å². The van der Waals surface area contributed by atoms with Crippen molar-refractivity contribution in [3.05, 3.63) is 77.4 Å². The number of sulfonamides is 2. The minimum atomic E-state index is -4.91. The lowest BCUT2D eigenvalue weighted by Gasteiger charge is -2.42. The fraction of sp³-hybridized carbons (Fsp3) is 0.333. The van der Waals surface area contributed by atoms with Gasteiger partial charge in [-0.15, -0.1) is 11.3 Å². The van der Waals surface area contributed by atoms with Gasteiger partial charge in [0.05, 0.1) is 10.9 Å². The first-order valence-electron chi connectivity index (χ1n) is 11.6. The van der Waals surface area contributed by atoms with Gasteiger partial charge in [0.25, 0.3) is 10.0 Å². The number of hydrogen-bond donors (Lipinski definition) is 2. The highest BCUT2D eigenvalue weighted by molar-refractivity contribution is 7.91. The maximum atomic E-state index is 13.3. The second kappa shape index (κ2) is 10.8. The largest absolute Gasteiger partial charge is 0.421 e. The van der Waals surface area contributed by atoms with Gasteiger partial charge in [0.15, 0.2) is 5.60 Å². The van der Waals surface area contributed by atoms with Crippen molar-refractivity contribution in [2.75, 3.05) is 31.1 Å². The Balaban J connectivity index is 1.61. The van der Waals surface area contributed by atoms with E-state index < -0.39 is 43.7 Å². The number of hydrogen-bond acceptors (Lipinski definition) is 7. The second-order valence-electron chi connectivity index (χ2n) is 9.07. The minimum absolute atomic E-state index is 0.0451. The zero-order chi connectivity index (χ0) is 28.6. The monoisotopic (exact) mass is 607 g/mol. The Hall–Kier alpha value is -2.56. The molecule has 1 saturated heterocycles.